The first-order valence-corrected chi connectivity index (χ1v) is 5.00. The minimum atomic E-state index is 0.758. The van der Waals surface area contributed by atoms with Crippen molar-refractivity contribution in [1.29, 1.82) is 0 Å². The maximum Gasteiger partial charge on any atom is 0.0678 e. The highest BCUT2D eigenvalue weighted by Crippen LogP contribution is 2.12. The Bertz CT molecular complexity index is 422. The van der Waals surface area contributed by atoms with Gasteiger partial charge in [0.2, 0.25) is 0 Å². The van der Waals surface area contributed by atoms with Crippen LogP contribution in [0.2, 0.25) is 5.02 Å². The molecule has 0 aliphatic rings. The molecule has 72 valence electrons. The van der Waals surface area contributed by atoms with Crippen LogP contribution in [0, 0.1) is 0 Å². The molecule has 0 spiro atoms. The van der Waals surface area contributed by atoms with E-state index in [0.717, 1.165) is 17.1 Å². The highest BCUT2D eigenvalue weighted by Gasteiger charge is 1.99. The van der Waals surface area contributed by atoms with Gasteiger partial charge >= 0.3 is 0 Å². The zero-order valence-corrected chi connectivity index (χ0v) is 9.04. The van der Waals surface area contributed by atoms with E-state index < -0.39 is 0 Å². The molecule has 14 heavy (non-hydrogen) atoms. The fourth-order valence-corrected chi connectivity index (χ4v) is 1.56. The molecule has 0 fully saturated rings. The summed E-state index contributed by atoms with van der Waals surface area (Å²) < 4.78 is 1.51. The minimum absolute atomic E-state index is 0.758. The lowest BCUT2D eigenvalue weighted by molar-refractivity contribution is 0.953. The van der Waals surface area contributed by atoms with Gasteiger partial charge in [-0.05, 0) is 36.6 Å². The molecule has 1 aromatic carbocycles. The lowest BCUT2D eigenvalue weighted by Gasteiger charge is -1.97. The van der Waals surface area contributed by atoms with Gasteiger partial charge in [0.25, 0.3) is 0 Å². The number of nitrogens with zero attached hydrogens (tertiary/aromatic N) is 2. The van der Waals surface area contributed by atoms with Crippen LogP contribution in [0.15, 0.2) is 36.5 Å². The number of benzene rings is 1. The van der Waals surface area contributed by atoms with Gasteiger partial charge in [-0.3, -0.25) is 0 Å². The number of hydrogen-bond acceptors (Lipinski definition) is 2. The normalized spacial score (nSPS) is 10.4. The van der Waals surface area contributed by atoms with Gasteiger partial charge in [-0.15, -0.1) is 0 Å². The van der Waals surface area contributed by atoms with Crippen molar-refractivity contribution in [1.82, 2.24) is 9.19 Å². The average Bonchev–Trinajstić information content (AvgIpc) is 2.56. The summed E-state index contributed by atoms with van der Waals surface area (Å²) in [6.45, 7) is 0. The molecule has 0 saturated carbocycles. The van der Waals surface area contributed by atoms with E-state index in [1.165, 1.54) is 9.65 Å². The SMILES string of the molecule is Sn1ccc(Cc2ccc(Cl)cc2)n1. The van der Waals surface area contributed by atoms with Crippen molar-refractivity contribution < 1.29 is 0 Å². The molecule has 2 nitrogen and oxygen atoms in total. The monoisotopic (exact) mass is 224 g/mol. The zero-order chi connectivity index (χ0) is 9.97. The fourth-order valence-electron chi connectivity index (χ4n) is 1.26. The summed E-state index contributed by atoms with van der Waals surface area (Å²) >= 11 is 9.86. The topological polar surface area (TPSA) is 17.8 Å². The second-order valence-electron chi connectivity index (χ2n) is 3.03. The minimum Gasteiger partial charge on any atom is -0.217 e. The van der Waals surface area contributed by atoms with Crippen molar-refractivity contribution in [2.75, 3.05) is 0 Å². The van der Waals surface area contributed by atoms with Gasteiger partial charge in [-0.2, -0.15) is 5.10 Å². The van der Waals surface area contributed by atoms with E-state index >= 15 is 0 Å². The van der Waals surface area contributed by atoms with Gasteiger partial charge in [0, 0.05) is 17.6 Å². The Morgan fingerprint density at radius 1 is 1.21 bits per heavy atom. The van der Waals surface area contributed by atoms with Crippen molar-refractivity contribution in [2.45, 2.75) is 6.42 Å². The maximum absolute atomic E-state index is 5.79. The first-order valence-electron chi connectivity index (χ1n) is 4.22. The van der Waals surface area contributed by atoms with Crippen LogP contribution in [-0.4, -0.2) is 9.19 Å². The second-order valence-corrected chi connectivity index (χ2v) is 3.88. The summed E-state index contributed by atoms with van der Waals surface area (Å²) in [6, 6.07) is 9.71. The van der Waals surface area contributed by atoms with Gasteiger partial charge in [0.1, 0.15) is 0 Å². The van der Waals surface area contributed by atoms with Gasteiger partial charge in [0.15, 0.2) is 0 Å². The fraction of sp³-hybridized carbons (Fsp3) is 0.100. The summed E-state index contributed by atoms with van der Waals surface area (Å²) in [4.78, 5) is 0. The average molecular weight is 225 g/mol. The molecule has 0 aliphatic heterocycles. The van der Waals surface area contributed by atoms with E-state index in [1.54, 1.807) is 0 Å². The Balaban J connectivity index is 2.15. The van der Waals surface area contributed by atoms with Crippen LogP contribution in [0.25, 0.3) is 0 Å². The molecule has 2 aromatic rings. The molecule has 4 heteroatoms. The summed E-state index contributed by atoms with van der Waals surface area (Å²) in [7, 11) is 0. The van der Waals surface area contributed by atoms with Crippen molar-refractivity contribution in [2.24, 2.45) is 0 Å². The summed E-state index contributed by atoms with van der Waals surface area (Å²) in [5, 5.41) is 4.93. The molecule has 0 unspecified atom stereocenters. The van der Waals surface area contributed by atoms with E-state index in [9.17, 15) is 0 Å². The molecule has 2 rings (SSSR count). The number of hydrogen-bond donors (Lipinski definition) is 1. The van der Waals surface area contributed by atoms with Crippen molar-refractivity contribution in [3.05, 3.63) is 52.8 Å². The van der Waals surface area contributed by atoms with Crippen LogP contribution in [0.1, 0.15) is 11.3 Å². The molecule has 1 aromatic heterocycles. The molecule has 0 N–H and O–H groups in total. The predicted molar refractivity (Wildman–Crippen MR) is 60.9 cm³/mol. The Hall–Kier alpha value is -0.930. The maximum atomic E-state index is 5.79. The summed E-state index contributed by atoms with van der Waals surface area (Å²) in [5.74, 6) is 0. The molecular weight excluding hydrogens is 216 g/mol. The van der Waals surface area contributed by atoms with Crippen LogP contribution in [0.3, 0.4) is 0 Å². The highest BCUT2D eigenvalue weighted by atomic mass is 35.5. The van der Waals surface area contributed by atoms with Crippen LogP contribution in [0.4, 0.5) is 0 Å². The Morgan fingerprint density at radius 2 is 1.93 bits per heavy atom. The lowest BCUT2D eigenvalue weighted by Crippen LogP contribution is -1.89. The van der Waals surface area contributed by atoms with Crippen LogP contribution in [-0.2, 0) is 6.42 Å². The van der Waals surface area contributed by atoms with Gasteiger partial charge < -0.3 is 0 Å². The lowest BCUT2D eigenvalue weighted by atomic mass is 10.1. The molecule has 0 bridgehead atoms. The van der Waals surface area contributed by atoms with Crippen molar-refractivity contribution in [3.63, 3.8) is 0 Å². The quantitative estimate of drug-likeness (QED) is 0.777. The van der Waals surface area contributed by atoms with E-state index in [4.69, 9.17) is 11.6 Å². The molecule has 0 atom stereocenters. The number of rotatable bonds is 2. The first kappa shape index (κ1) is 9.62. The highest BCUT2D eigenvalue weighted by molar-refractivity contribution is 7.78. The van der Waals surface area contributed by atoms with Crippen molar-refractivity contribution in [3.8, 4) is 0 Å². The number of aromatic nitrogens is 2. The van der Waals surface area contributed by atoms with Gasteiger partial charge in [-0.25, -0.2) is 4.09 Å². The molecule has 0 saturated heterocycles. The molecule has 0 amide bonds. The largest absolute Gasteiger partial charge is 0.217 e. The Morgan fingerprint density at radius 3 is 2.50 bits per heavy atom. The first-order chi connectivity index (χ1) is 6.74. The van der Waals surface area contributed by atoms with Crippen molar-refractivity contribution >= 4 is 24.4 Å². The Labute approximate surface area is 93.1 Å². The third-order valence-corrected chi connectivity index (χ3v) is 2.40. The molecule has 0 aliphatic carbocycles. The van der Waals surface area contributed by atoms with Crippen LogP contribution >= 0.6 is 24.4 Å². The third kappa shape index (κ3) is 2.30. The molecule has 0 radical (unpaired) electrons. The zero-order valence-electron chi connectivity index (χ0n) is 7.39. The van der Waals surface area contributed by atoms with E-state index in [-0.39, 0.29) is 0 Å². The summed E-state index contributed by atoms with van der Waals surface area (Å²) in [5.41, 5.74) is 2.20. The molecular formula is C10H9ClN2S. The predicted octanol–water partition coefficient (Wildman–Crippen LogP) is 2.82. The standard InChI is InChI=1S/C10H9ClN2S/c11-9-3-1-8(2-4-9)7-10-5-6-13(14)12-10/h1-6,14H,7H2. The van der Waals surface area contributed by atoms with E-state index in [1.807, 2.05) is 36.5 Å². The smallest absolute Gasteiger partial charge is 0.0678 e. The Kier molecular flexibility index (Phi) is 2.79. The van der Waals surface area contributed by atoms with E-state index in [0.29, 0.717) is 0 Å². The third-order valence-electron chi connectivity index (χ3n) is 1.93. The van der Waals surface area contributed by atoms with Crippen LogP contribution < -0.4 is 0 Å². The molecule has 1 heterocycles. The summed E-state index contributed by atoms with van der Waals surface area (Å²) in [6.07, 6.45) is 2.62. The number of thiol groups is 1. The number of halogens is 1. The second kappa shape index (κ2) is 4.07. The van der Waals surface area contributed by atoms with E-state index in [2.05, 4.69) is 17.9 Å². The van der Waals surface area contributed by atoms with Crippen LogP contribution in [0.5, 0.6) is 0 Å². The van der Waals surface area contributed by atoms with Gasteiger partial charge in [0.05, 0.1) is 5.69 Å². The van der Waals surface area contributed by atoms with Gasteiger partial charge in [-0.1, -0.05) is 23.7 Å².